The minimum Gasteiger partial charge on any atom is -0.205 e. The molecule has 1 heterocycles. The Morgan fingerprint density at radius 3 is 2.64 bits per heavy atom. The molecular formula is C9H12N2O2S. The average Bonchev–Trinajstić information content (AvgIpc) is 2.43. The van der Waals surface area contributed by atoms with Gasteiger partial charge in [-0.25, -0.2) is 8.42 Å². The molecule has 0 unspecified atom stereocenters. The van der Waals surface area contributed by atoms with E-state index in [9.17, 15) is 8.42 Å². The van der Waals surface area contributed by atoms with Gasteiger partial charge in [0.25, 0.3) is 10.0 Å². The zero-order valence-corrected chi connectivity index (χ0v) is 8.95. The number of hydrogen-bond acceptors (Lipinski definition) is 3. The maximum Gasteiger partial charge on any atom is 0.250 e. The Morgan fingerprint density at radius 2 is 2.21 bits per heavy atom. The number of nitrogens with zero attached hydrogens (tertiary/aromatic N) is 2. The predicted octanol–water partition coefficient (Wildman–Crippen LogP) is 1.20. The molecule has 0 saturated heterocycles. The van der Waals surface area contributed by atoms with Crippen LogP contribution in [-0.4, -0.2) is 23.9 Å². The molecular weight excluding hydrogens is 200 g/mol. The first kappa shape index (κ1) is 10.7. The standard InChI is InChI=1S/C9H12N2O2S/c1-4-5-6-9-7-11(10-8(9)2)14(3,12)13/h4-7H,1H2,2-3H3/b6-5-. The molecule has 0 N–H and O–H groups in total. The quantitative estimate of drug-likeness (QED) is 0.707. The van der Waals surface area contributed by atoms with Gasteiger partial charge in [-0.3, -0.25) is 0 Å². The Labute approximate surface area is 83.6 Å². The molecule has 1 aromatic rings. The third-order valence-corrected chi connectivity index (χ3v) is 2.53. The molecule has 0 radical (unpaired) electrons. The van der Waals surface area contributed by atoms with E-state index in [-0.39, 0.29) is 0 Å². The predicted molar refractivity (Wildman–Crippen MR) is 56.4 cm³/mol. The number of allylic oxidation sites excluding steroid dienone is 2. The van der Waals surface area contributed by atoms with Crippen LogP contribution in [0.25, 0.3) is 6.08 Å². The molecule has 0 aliphatic carbocycles. The van der Waals surface area contributed by atoms with Crippen LogP contribution in [0.4, 0.5) is 0 Å². The molecule has 14 heavy (non-hydrogen) atoms. The summed E-state index contributed by atoms with van der Waals surface area (Å²) in [6, 6.07) is 0. The first-order chi connectivity index (χ1) is 6.45. The highest BCUT2D eigenvalue weighted by atomic mass is 32.2. The van der Waals surface area contributed by atoms with Crippen LogP contribution in [-0.2, 0) is 10.0 Å². The van der Waals surface area contributed by atoms with Crippen LogP contribution in [0.15, 0.2) is 24.9 Å². The second kappa shape index (κ2) is 3.79. The highest BCUT2D eigenvalue weighted by Gasteiger charge is 2.09. The monoisotopic (exact) mass is 212 g/mol. The van der Waals surface area contributed by atoms with E-state index in [1.54, 1.807) is 25.2 Å². The molecule has 0 bridgehead atoms. The molecule has 0 fully saturated rings. The van der Waals surface area contributed by atoms with Crippen molar-refractivity contribution in [3.8, 4) is 0 Å². The van der Waals surface area contributed by atoms with E-state index in [4.69, 9.17) is 0 Å². The highest BCUT2D eigenvalue weighted by molar-refractivity contribution is 7.89. The summed E-state index contributed by atoms with van der Waals surface area (Å²) < 4.78 is 23.2. The molecule has 5 heteroatoms. The smallest absolute Gasteiger partial charge is 0.205 e. The number of hydrogen-bond donors (Lipinski definition) is 0. The summed E-state index contributed by atoms with van der Waals surface area (Å²) in [6.07, 6.45) is 7.70. The lowest BCUT2D eigenvalue weighted by Crippen LogP contribution is -2.10. The van der Waals surface area contributed by atoms with Crippen molar-refractivity contribution < 1.29 is 8.42 Å². The summed E-state index contributed by atoms with van der Waals surface area (Å²) in [7, 11) is -3.28. The Morgan fingerprint density at radius 1 is 1.57 bits per heavy atom. The van der Waals surface area contributed by atoms with E-state index in [0.717, 1.165) is 15.9 Å². The van der Waals surface area contributed by atoms with Crippen LogP contribution < -0.4 is 0 Å². The summed E-state index contributed by atoms with van der Waals surface area (Å²) in [5, 5.41) is 3.88. The van der Waals surface area contributed by atoms with E-state index in [2.05, 4.69) is 11.7 Å². The van der Waals surface area contributed by atoms with Crippen molar-refractivity contribution in [1.29, 1.82) is 0 Å². The lowest BCUT2D eigenvalue weighted by atomic mass is 10.2. The van der Waals surface area contributed by atoms with E-state index in [0.29, 0.717) is 5.69 Å². The molecule has 0 aromatic carbocycles. The molecule has 1 aromatic heterocycles. The lowest BCUT2D eigenvalue weighted by Gasteiger charge is -1.93. The Hall–Kier alpha value is -1.36. The van der Waals surface area contributed by atoms with Crippen molar-refractivity contribution in [2.45, 2.75) is 6.92 Å². The van der Waals surface area contributed by atoms with Gasteiger partial charge in [0.15, 0.2) is 0 Å². The van der Waals surface area contributed by atoms with Crippen LogP contribution in [0.3, 0.4) is 0 Å². The van der Waals surface area contributed by atoms with Gasteiger partial charge in [-0.15, -0.1) is 0 Å². The van der Waals surface area contributed by atoms with Crippen LogP contribution in [0.1, 0.15) is 11.3 Å². The Bertz CT molecular complexity index is 469. The van der Waals surface area contributed by atoms with Gasteiger partial charge in [0.1, 0.15) is 0 Å². The highest BCUT2D eigenvalue weighted by Crippen LogP contribution is 2.09. The first-order valence-electron chi connectivity index (χ1n) is 4.01. The van der Waals surface area contributed by atoms with Gasteiger partial charge in [-0.2, -0.15) is 9.19 Å². The largest absolute Gasteiger partial charge is 0.250 e. The van der Waals surface area contributed by atoms with Crippen molar-refractivity contribution >= 4 is 16.1 Å². The number of rotatable bonds is 3. The lowest BCUT2D eigenvalue weighted by molar-refractivity contribution is 0.586. The summed E-state index contributed by atoms with van der Waals surface area (Å²) in [5.41, 5.74) is 1.45. The van der Waals surface area contributed by atoms with Crippen LogP contribution in [0, 0.1) is 6.92 Å². The van der Waals surface area contributed by atoms with E-state index >= 15 is 0 Å². The summed E-state index contributed by atoms with van der Waals surface area (Å²) in [6.45, 7) is 5.28. The molecule has 0 aliphatic heterocycles. The first-order valence-corrected chi connectivity index (χ1v) is 5.86. The fourth-order valence-corrected chi connectivity index (χ4v) is 1.53. The minimum absolute atomic E-state index is 0.675. The van der Waals surface area contributed by atoms with E-state index < -0.39 is 10.0 Å². The molecule has 1 rings (SSSR count). The van der Waals surface area contributed by atoms with Crippen LogP contribution in [0.5, 0.6) is 0 Å². The summed E-state index contributed by atoms with van der Waals surface area (Å²) in [5.74, 6) is 0. The molecule has 0 saturated carbocycles. The van der Waals surface area contributed by atoms with Crippen molar-refractivity contribution in [2.24, 2.45) is 0 Å². The third kappa shape index (κ3) is 2.32. The van der Waals surface area contributed by atoms with Crippen molar-refractivity contribution in [2.75, 3.05) is 6.26 Å². The second-order valence-corrected chi connectivity index (χ2v) is 4.74. The zero-order chi connectivity index (χ0) is 10.8. The fourth-order valence-electron chi connectivity index (χ4n) is 0.952. The van der Waals surface area contributed by atoms with Crippen molar-refractivity contribution in [3.05, 3.63) is 36.2 Å². The van der Waals surface area contributed by atoms with Gasteiger partial charge in [0.05, 0.1) is 18.1 Å². The van der Waals surface area contributed by atoms with Crippen LogP contribution >= 0.6 is 0 Å². The van der Waals surface area contributed by atoms with E-state index in [1.807, 2.05) is 0 Å². The number of aryl methyl sites for hydroxylation is 1. The molecule has 76 valence electrons. The molecule has 0 aliphatic rings. The zero-order valence-electron chi connectivity index (χ0n) is 8.14. The van der Waals surface area contributed by atoms with Crippen molar-refractivity contribution in [1.82, 2.24) is 9.19 Å². The maximum absolute atomic E-state index is 11.1. The SMILES string of the molecule is C=C/C=C\c1cn(S(C)(=O)=O)nc1C. The molecule has 4 nitrogen and oxygen atoms in total. The summed E-state index contributed by atoms with van der Waals surface area (Å²) >= 11 is 0. The Kier molecular flexibility index (Phi) is 2.90. The second-order valence-electron chi connectivity index (χ2n) is 2.90. The van der Waals surface area contributed by atoms with Gasteiger partial charge < -0.3 is 0 Å². The Balaban J connectivity index is 3.18. The van der Waals surface area contributed by atoms with Crippen LogP contribution in [0.2, 0.25) is 0 Å². The van der Waals surface area contributed by atoms with Gasteiger partial charge in [0, 0.05) is 5.56 Å². The molecule has 0 atom stereocenters. The maximum atomic E-state index is 11.1. The average molecular weight is 212 g/mol. The van der Waals surface area contributed by atoms with Gasteiger partial charge in [0.2, 0.25) is 0 Å². The topological polar surface area (TPSA) is 52.0 Å². The van der Waals surface area contributed by atoms with Crippen molar-refractivity contribution in [3.63, 3.8) is 0 Å². The van der Waals surface area contributed by atoms with Gasteiger partial charge in [-0.1, -0.05) is 24.8 Å². The third-order valence-electron chi connectivity index (χ3n) is 1.67. The molecule has 0 spiro atoms. The van der Waals surface area contributed by atoms with Gasteiger partial charge >= 0.3 is 0 Å². The summed E-state index contributed by atoms with van der Waals surface area (Å²) in [4.78, 5) is 0. The number of aromatic nitrogens is 2. The van der Waals surface area contributed by atoms with E-state index in [1.165, 1.54) is 6.20 Å². The fraction of sp³-hybridized carbons (Fsp3) is 0.222. The minimum atomic E-state index is -3.28. The normalized spacial score (nSPS) is 12.1. The molecule has 0 amide bonds. The van der Waals surface area contributed by atoms with Gasteiger partial charge in [-0.05, 0) is 6.92 Å².